The van der Waals surface area contributed by atoms with E-state index in [2.05, 4.69) is 10.1 Å². The van der Waals surface area contributed by atoms with Crippen LogP contribution in [0.25, 0.3) is 15.7 Å². The number of carbonyl (C=O) groups excluding carboxylic acids is 1. The van der Waals surface area contributed by atoms with E-state index in [0.29, 0.717) is 17.3 Å². The van der Waals surface area contributed by atoms with Crippen molar-refractivity contribution in [3.05, 3.63) is 30.3 Å². The first kappa shape index (κ1) is 11.0. The van der Waals surface area contributed by atoms with E-state index < -0.39 is 5.97 Å². The van der Waals surface area contributed by atoms with Crippen LogP contribution in [0.2, 0.25) is 0 Å². The summed E-state index contributed by atoms with van der Waals surface area (Å²) in [7, 11) is 0. The number of esters is 1. The molecule has 0 aliphatic rings. The van der Waals surface area contributed by atoms with Gasteiger partial charge in [-0.25, -0.2) is 14.3 Å². The molecule has 0 saturated carbocycles. The Hall–Kier alpha value is -2.15. The predicted molar refractivity (Wildman–Crippen MR) is 64.5 cm³/mol. The highest BCUT2D eigenvalue weighted by Gasteiger charge is 2.16. The Morgan fingerprint density at radius 2 is 2.50 bits per heavy atom. The van der Waals surface area contributed by atoms with Gasteiger partial charge in [-0.2, -0.15) is 5.10 Å². The van der Waals surface area contributed by atoms with Crippen LogP contribution in [0.1, 0.15) is 17.4 Å². The van der Waals surface area contributed by atoms with Gasteiger partial charge >= 0.3 is 5.97 Å². The Labute approximate surface area is 106 Å². The standard InChI is InChI=1S/C11H9N3O3S/c1-2-16-10(15)7-6-14-11(12-7)18-9(13-14)8-4-3-5-17-8/h3-6H,2H2,1H3. The van der Waals surface area contributed by atoms with Crippen molar-refractivity contribution >= 4 is 22.3 Å². The molecule has 0 aliphatic carbocycles. The molecule has 0 radical (unpaired) electrons. The maximum atomic E-state index is 11.5. The number of rotatable bonds is 3. The van der Waals surface area contributed by atoms with E-state index in [1.54, 1.807) is 30.0 Å². The number of hydrogen-bond acceptors (Lipinski definition) is 6. The molecule has 7 heteroatoms. The summed E-state index contributed by atoms with van der Waals surface area (Å²) in [6, 6.07) is 3.62. The van der Waals surface area contributed by atoms with Crippen LogP contribution >= 0.6 is 11.3 Å². The van der Waals surface area contributed by atoms with Crippen molar-refractivity contribution in [1.29, 1.82) is 0 Å². The number of carbonyl (C=O) groups is 1. The van der Waals surface area contributed by atoms with Gasteiger partial charge in [-0.05, 0) is 19.1 Å². The largest absolute Gasteiger partial charge is 0.462 e. The molecule has 0 atom stereocenters. The Morgan fingerprint density at radius 1 is 1.61 bits per heavy atom. The zero-order chi connectivity index (χ0) is 12.5. The third-order valence-electron chi connectivity index (χ3n) is 2.26. The van der Waals surface area contributed by atoms with E-state index in [1.807, 2.05) is 6.07 Å². The van der Waals surface area contributed by atoms with E-state index in [1.165, 1.54) is 11.3 Å². The highest BCUT2D eigenvalue weighted by molar-refractivity contribution is 7.19. The lowest BCUT2D eigenvalue weighted by Crippen LogP contribution is -2.04. The molecule has 0 unspecified atom stereocenters. The lowest BCUT2D eigenvalue weighted by atomic mass is 10.5. The summed E-state index contributed by atoms with van der Waals surface area (Å²) in [6.45, 7) is 2.08. The summed E-state index contributed by atoms with van der Waals surface area (Å²) in [5.74, 6) is 0.248. The molecule has 3 aromatic rings. The van der Waals surface area contributed by atoms with Crippen molar-refractivity contribution in [2.24, 2.45) is 0 Å². The van der Waals surface area contributed by atoms with Crippen LogP contribution < -0.4 is 0 Å². The summed E-state index contributed by atoms with van der Waals surface area (Å²) < 4.78 is 11.7. The van der Waals surface area contributed by atoms with Crippen LogP contribution in [0.15, 0.2) is 29.0 Å². The van der Waals surface area contributed by atoms with Gasteiger partial charge in [0.2, 0.25) is 4.96 Å². The second-order valence-corrected chi connectivity index (χ2v) is 4.41. The van der Waals surface area contributed by atoms with Gasteiger partial charge < -0.3 is 9.15 Å². The van der Waals surface area contributed by atoms with E-state index in [4.69, 9.17) is 9.15 Å². The molecule has 0 fully saturated rings. The molecule has 3 heterocycles. The number of aromatic nitrogens is 3. The maximum Gasteiger partial charge on any atom is 0.358 e. The summed E-state index contributed by atoms with van der Waals surface area (Å²) in [5.41, 5.74) is 0.265. The quantitative estimate of drug-likeness (QED) is 0.678. The average molecular weight is 263 g/mol. The molecule has 0 bridgehead atoms. The summed E-state index contributed by atoms with van der Waals surface area (Å²) in [6.07, 6.45) is 3.14. The molecule has 3 aromatic heterocycles. The molecular formula is C11H9N3O3S. The van der Waals surface area contributed by atoms with Gasteiger partial charge in [0.1, 0.15) is 0 Å². The fraction of sp³-hybridized carbons (Fsp3) is 0.182. The molecule has 0 N–H and O–H groups in total. The highest BCUT2D eigenvalue weighted by Crippen LogP contribution is 2.25. The third-order valence-corrected chi connectivity index (χ3v) is 3.20. The minimum absolute atomic E-state index is 0.265. The number of furan rings is 1. The van der Waals surface area contributed by atoms with Crippen LogP contribution in [0.4, 0.5) is 0 Å². The van der Waals surface area contributed by atoms with Crippen LogP contribution in [-0.2, 0) is 4.74 Å². The summed E-state index contributed by atoms with van der Waals surface area (Å²) in [5, 5.41) is 5.01. The topological polar surface area (TPSA) is 69.6 Å². The fourth-order valence-electron chi connectivity index (χ4n) is 1.50. The molecule has 0 spiro atoms. The van der Waals surface area contributed by atoms with Gasteiger partial charge in [0, 0.05) is 0 Å². The van der Waals surface area contributed by atoms with Crippen molar-refractivity contribution in [2.75, 3.05) is 6.61 Å². The van der Waals surface area contributed by atoms with Gasteiger partial charge in [0.15, 0.2) is 16.5 Å². The predicted octanol–water partition coefficient (Wildman–Crippen LogP) is 2.23. The lowest BCUT2D eigenvalue weighted by molar-refractivity contribution is 0.0520. The Morgan fingerprint density at radius 3 is 3.17 bits per heavy atom. The van der Waals surface area contributed by atoms with E-state index in [0.717, 1.165) is 5.01 Å². The maximum absolute atomic E-state index is 11.5. The molecule has 3 rings (SSSR count). The molecule has 92 valence electrons. The summed E-state index contributed by atoms with van der Waals surface area (Å²) >= 11 is 1.35. The minimum atomic E-state index is -0.435. The molecule has 6 nitrogen and oxygen atoms in total. The van der Waals surface area contributed by atoms with Crippen molar-refractivity contribution < 1.29 is 13.9 Å². The smallest absolute Gasteiger partial charge is 0.358 e. The molecule has 0 amide bonds. The first-order valence-corrected chi connectivity index (χ1v) is 6.17. The number of fused-ring (bicyclic) bond motifs is 1. The fourth-order valence-corrected chi connectivity index (χ4v) is 2.35. The van der Waals surface area contributed by atoms with Crippen LogP contribution in [0.5, 0.6) is 0 Å². The summed E-state index contributed by atoms with van der Waals surface area (Å²) in [4.78, 5) is 16.3. The Balaban J connectivity index is 1.96. The second-order valence-electron chi connectivity index (χ2n) is 3.46. The van der Waals surface area contributed by atoms with E-state index >= 15 is 0 Å². The first-order chi connectivity index (χ1) is 8.78. The Kier molecular flexibility index (Phi) is 2.60. The van der Waals surface area contributed by atoms with Gasteiger partial charge in [0.05, 0.1) is 19.1 Å². The Bertz CT molecular complexity index is 652. The first-order valence-electron chi connectivity index (χ1n) is 5.35. The van der Waals surface area contributed by atoms with Crippen LogP contribution in [0, 0.1) is 0 Å². The SMILES string of the molecule is CCOC(=O)c1cn2nc(-c3ccco3)sc2n1. The molecule has 0 aromatic carbocycles. The van der Waals surface area contributed by atoms with Crippen molar-refractivity contribution in [3.8, 4) is 10.8 Å². The third kappa shape index (κ3) is 1.78. The van der Waals surface area contributed by atoms with Crippen molar-refractivity contribution in [3.63, 3.8) is 0 Å². The monoisotopic (exact) mass is 263 g/mol. The van der Waals surface area contributed by atoms with Gasteiger partial charge in [-0.15, -0.1) is 0 Å². The van der Waals surface area contributed by atoms with Crippen LogP contribution in [-0.4, -0.2) is 27.2 Å². The van der Waals surface area contributed by atoms with Gasteiger partial charge in [-0.3, -0.25) is 0 Å². The lowest BCUT2D eigenvalue weighted by Gasteiger charge is -1.95. The minimum Gasteiger partial charge on any atom is -0.462 e. The second kappa shape index (κ2) is 4.26. The average Bonchev–Trinajstić information content (AvgIpc) is 3.03. The number of ether oxygens (including phenoxy) is 1. The molecule has 18 heavy (non-hydrogen) atoms. The van der Waals surface area contributed by atoms with Crippen molar-refractivity contribution in [1.82, 2.24) is 14.6 Å². The van der Waals surface area contributed by atoms with E-state index in [-0.39, 0.29) is 5.69 Å². The van der Waals surface area contributed by atoms with E-state index in [9.17, 15) is 4.79 Å². The molecule has 0 saturated heterocycles. The van der Waals surface area contributed by atoms with Crippen LogP contribution in [0.3, 0.4) is 0 Å². The van der Waals surface area contributed by atoms with Gasteiger partial charge in [-0.1, -0.05) is 11.3 Å². The number of nitrogens with zero attached hydrogens (tertiary/aromatic N) is 3. The molecular weight excluding hydrogens is 254 g/mol. The number of imidazole rings is 1. The zero-order valence-electron chi connectivity index (χ0n) is 9.49. The highest BCUT2D eigenvalue weighted by atomic mass is 32.1. The zero-order valence-corrected chi connectivity index (χ0v) is 10.3. The van der Waals surface area contributed by atoms with Crippen molar-refractivity contribution in [2.45, 2.75) is 6.92 Å². The normalized spacial score (nSPS) is 10.9. The molecule has 0 aliphatic heterocycles. The van der Waals surface area contributed by atoms with Gasteiger partial charge in [0.25, 0.3) is 0 Å². The number of hydrogen-bond donors (Lipinski definition) is 0.